The molecule has 26 heavy (non-hydrogen) atoms. The van der Waals surface area contributed by atoms with E-state index in [1.54, 1.807) is 4.90 Å². The molecule has 6 heteroatoms. The van der Waals surface area contributed by atoms with Crippen LogP contribution >= 0.6 is 0 Å². The summed E-state index contributed by atoms with van der Waals surface area (Å²) in [6, 6.07) is 8.37. The molecule has 144 valence electrons. The van der Waals surface area contributed by atoms with Gasteiger partial charge in [0.1, 0.15) is 0 Å². The maximum atomic E-state index is 12.5. The minimum atomic E-state index is -0.823. The minimum Gasteiger partial charge on any atom is -0.481 e. The molecule has 0 aromatic heterocycles. The van der Waals surface area contributed by atoms with Crippen molar-refractivity contribution in [2.24, 2.45) is 11.8 Å². The standard InChI is InChI=1S/C20H31N3O3/c1-14(2)22(4)12-17-8-6-5-7-16(17)10-21-20(26)23-11-15(3)9-18(13-23)19(24)25/h5-8,14-15,18H,9-13H2,1-4H3,(H,21,26)(H,24,25). The number of amides is 2. The van der Waals surface area contributed by atoms with Crippen LogP contribution in [0.25, 0.3) is 0 Å². The van der Waals surface area contributed by atoms with E-state index in [4.69, 9.17) is 0 Å². The summed E-state index contributed by atoms with van der Waals surface area (Å²) in [5.74, 6) is -1.10. The van der Waals surface area contributed by atoms with Gasteiger partial charge in [0.25, 0.3) is 0 Å². The van der Waals surface area contributed by atoms with Gasteiger partial charge in [-0.1, -0.05) is 31.2 Å². The Bertz CT molecular complexity index is 632. The maximum Gasteiger partial charge on any atom is 0.317 e. The lowest BCUT2D eigenvalue weighted by atomic mass is 9.91. The van der Waals surface area contributed by atoms with Gasteiger partial charge in [0.05, 0.1) is 5.92 Å². The van der Waals surface area contributed by atoms with Crippen LogP contribution in [-0.4, -0.2) is 53.1 Å². The lowest BCUT2D eigenvalue weighted by molar-refractivity contribution is -0.143. The monoisotopic (exact) mass is 361 g/mol. The van der Waals surface area contributed by atoms with Gasteiger partial charge in [-0.15, -0.1) is 0 Å². The third kappa shape index (κ3) is 5.46. The van der Waals surface area contributed by atoms with E-state index in [-0.39, 0.29) is 18.5 Å². The van der Waals surface area contributed by atoms with Crippen LogP contribution in [0.5, 0.6) is 0 Å². The zero-order valence-corrected chi connectivity index (χ0v) is 16.2. The van der Waals surface area contributed by atoms with Gasteiger partial charge in [-0.2, -0.15) is 0 Å². The second-order valence-electron chi connectivity index (χ2n) is 7.72. The van der Waals surface area contributed by atoms with Gasteiger partial charge in [-0.3, -0.25) is 9.69 Å². The summed E-state index contributed by atoms with van der Waals surface area (Å²) < 4.78 is 0. The highest BCUT2D eigenvalue weighted by atomic mass is 16.4. The molecule has 1 aromatic rings. The molecule has 0 spiro atoms. The molecule has 2 atom stereocenters. The number of likely N-dealkylation sites (tertiary alicyclic amines) is 1. The summed E-state index contributed by atoms with van der Waals surface area (Å²) in [4.78, 5) is 27.7. The summed E-state index contributed by atoms with van der Waals surface area (Å²) in [6.07, 6.45) is 0.628. The molecule has 6 nitrogen and oxygen atoms in total. The van der Waals surface area contributed by atoms with Gasteiger partial charge in [-0.05, 0) is 44.4 Å². The fraction of sp³-hybridized carbons (Fsp3) is 0.600. The summed E-state index contributed by atoms with van der Waals surface area (Å²) in [5, 5.41) is 12.2. The highest BCUT2D eigenvalue weighted by Gasteiger charge is 2.31. The first-order valence-corrected chi connectivity index (χ1v) is 9.30. The normalized spacial score (nSPS) is 20.5. The Hall–Kier alpha value is -2.08. The summed E-state index contributed by atoms with van der Waals surface area (Å²) in [5.41, 5.74) is 2.28. The number of carbonyl (C=O) groups is 2. The van der Waals surface area contributed by atoms with Crippen LogP contribution in [0.4, 0.5) is 4.79 Å². The first kappa shape index (κ1) is 20.2. The van der Waals surface area contributed by atoms with Crippen molar-refractivity contribution < 1.29 is 14.7 Å². The van der Waals surface area contributed by atoms with Crippen LogP contribution in [0.2, 0.25) is 0 Å². The SMILES string of the molecule is CC1CC(C(=O)O)CN(C(=O)NCc2ccccc2CN(C)C(C)C)C1. The smallest absolute Gasteiger partial charge is 0.317 e. The lowest BCUT2D eigenvalue weighted by Gasteiger charge is -2.34. The van der Waals surface area contributed by atoms with Crippen LogP contribution < -0.4 is 5.32 Å². The van der Waals surface area contributed by atoms with Crippen molar-refractivity contribution in [3.8, 4) is 0 Å². The molecular weight excluding hydrogens is 330 g/mol. The lowest BCUT2D eigenvalue weighted by Crippen LogP contribution is -2.49. The Morgan fingerprint density at radius 1 is 1.27 bits per heavy atom. The van der Waals surface area contributed by atoms with Crippen molar-refractivity contribution in [2.75, 3.05) is 20.1 Å². The van der Waals surface area contributed by atoms with Crippen molar-refractivity contribution in [3.05, 3.63) is 35.4 Å². The predicted molar refractivity (Wildman–Crippen MR) is 102 cm³/mol. The molecular formula is C20H31N3O3. The van der Waals surface area contributed by atoms with Gasteiger partial charge in [0, 0.05) is 32.2 Å². The molecule has 0 bridgehead atoms. The first-order chi connectivity index (χ1) is 12.3. The largest absolute Gasteiger partial charge is 0.481 e. The second-order valence-corrected chi connectivity index (χ2v) is 7.72. The van der Waals surface area contributed by atoms with Crippen LogP contribution in [0, 0.1) is 11.8 Å². The van der Waals surface area contributed by atoms with Crippen LogP contribution in [0.3, 0.4) is 0 Å². The maximum absolute atomic E-state index is 12.5. The molecule has 1 aliphatic rings. The molecule has 2 rings (SSSR count). The van der Waals surface area contributed by atoms with Crippen molar-refractivity contribution in [1.82, 2.24) is 15.1 Å². The summed E-state index contributed by atoms with van der Waals surface area (Å²) in [7, 11) is 2.08. The number of carboxylic acid groups (broad SMARTS) is 1. The number of carboxylic acids is 1. The molecule has 1 aliphatic heterocycles. The van der Waals surface area contributed by atoms with Crippen LogP contribution in [0.15, 0.2) is 24.3 Å². The van der Waals surface area contributed by atoms with E-state index in [0.717, 1.165) is 12.1 Å². The topological polar surface area (TPSA) is 72.9 Å². The molecule has 1 aromatic carbocycles. The average molecular weight is 361 g/mol. The Morgan fingerprint density at radius 3 is 2.54 bits per heavy atom. The molecule has 2 N–H and O–H groups in total. The third-order valence-corrected chi connectivity index (χ3v) is 5.15. The quantitative estimate of drug-likeness (QED) is 0.817. The molecule has 1 heterocycles. The average Bonchev–Trinajstić information content (AvgIpc) is 2.59. The highest BCUT2D eigenvalue weighted by molar-refractivity contribution is 5.76. The molecule has 1 saturated heterocycles. The van der Waals surface area contributed by atoms with Gasteiger partial charge in [0.15, 0.2) is 0 Å². The van der Waals surface area contributed by atoms with E-state index in [1.807, 2.05) is 25.1 Å². The first-order valence-electron chi connectivity index (χ1n) is 9.30. The van der Waals surface area contributed by atoms with Crippen LogP contribution in [-0.2, 0) is 17.9 Å². The van der Waals surface area contributed by atoms with Crippen molar-refractivity contribution >= 4 is 12.0 Å². The number of urea groups is 1. The van der Waals surface area contributed by atoms with Crippen molar-refractivity contribution in [1.29, 1.82) is 0 Å². The van der Waals surface area contributed by atoms with Crippen LogP contribution in [0.1, 0.15) is 38.3 Å². The van der Waals surface area contributed by atoms with Gasteiger partial charge < -0.3 is 15.3 Å². The third-order valence-electron chi connectivity index (χ3n) is 5.15. The van der Waals surface area contributed by atoms with Gasteiger partial charge in [-0.25, -0.2) is 4.79 Å². The molecule has 2 amide bonds. The Labute approximate surface area is 156 Å². The van der Waals surface area contributed by atoms with E-state index >= 15 is 0 Å². The Balaban J connectivity index is 1.98. The molecule has 0 radical (unpaired) electrons. The van der Waals surface area contributed by atoms with E-state index in [2.05, 4.69) is 37.2 Å². The molecule has 0 aliphatic carbocycles. The van der Waals surface area contributed by atoms with Crippen molar-refractivity contribution in [3.63, 3.8) is 0 Å². The number of piperidine rings is 1. The zero-order valence-electron chi connectivity index (χ0n) is 16.2. The zero-order chi connectivity index (χ0) is 19.3. The van der Waals surface area contributed by atoms with Gasteiger partial charge >= 0.3 is 12.0 Å². The highest BCUT2D eigenvalue weighted by Crippen LogP contribution is 2.22. The minimum absolute atomic E-state index is 0.185. The van der Waals surface area contributed by atoms with E-state index < -0.39 is 11.9 Å². The predicted octanol–water partition coefficient (Wildman–Crippen LogP) is 2.78. The fourth-order valence-corrected chi connectivity index (χ4v) is 3.31. The number of hydrogen-bond acceptors (Lipinski definition) is 3. The summed E-state index contributed by atoms with van der Waals surface area (Å²) >= 11 is 0. The number of hydrogen-bond donors (Lipinski definition) is 2. The molecule has 1 fully saturated rings. The number of benzene rings is 1. The number of nitrogens with zero attached hydrogens (tertiary/aromatic N) is 2. The van der Waals surface area contributed by atoms with E-state index in [1.165, 1.54) is 5.56 Å². The van der Waals surface area contributed by atoms with Crippen molar-refractivity contribution in [2.45, 2.75) is 46.3 Å². The van der Waals surface area contributed by atoms with E-state index in [9.17, 15) is 14.7 Å². The number of aliphatic carboxylic acids is 1. The summed E-state index contributed by atoms with van der Waals surface area (Å²) in [6.45, 7) is 8.46. The molecule has 2 unspecified atom stereocenters. The van der Waals surface area contributed by atoms with E-state index in [0.29, 0.717) is 25.6 Å². The Kier molecular flexibility index (Phi) is 7.03. The number of rotatable bonds is 6. The Morgan fingerprint density at radius 2 is 1.92 bits per heavy atom. The molecule has 0 saturated carbocycles. The number of nitrogens with one attached hydrogen (secondary N) is 1. The fourth-order valence-electron chi connectivity index (χ4n) is 3.31. The number of carbonyl (C=O) groups excluding carboxylic acids is 1. The van der Waals surface area contributed by atoms with Gasteiger partial charge in [0.2, 0.25) is 0 Å². The second kappa shape index (κ2) is 9.03.